The smallest absolute Gasteiger partial charge is 0.222 e. The summed E-state index contributed by atoms with van der Waals surface area (Å²) in [5.41, 5.74) is 2.63. The number of benzene rings is 1. The molecule has 2 N–H and O–H groups in total. The standard InChI is InChI=1S/C16H23N3O/c1-12-11-19(14-6-4-8-17-16(20)9-14)15-7-3-2-5-13(15)10-18-12/h2-3,5,7,12,14,18H,4,6,8-11H2,1H3,(H,17,20). The van der Waals surface area contributed by atoms with Crippen LogP contribution in [0.25, 0.3) is 0 Å². The number of nitrogens with zero attached hydrogens (tertiary/aromatic N) is 1. The van der Waals surface area contributed by atoms with E-state index in [9.17, 15) is 4.79 Å². The monoisotopic (exact) mass is 273 g/mol. The molecule has 1 amide bonds. The lowest BCUT2D eigenvalue weighted by atomic mass is 10.0. The van der Waals surface area contributed by atoms with Gasteiger partial charge in [0.2, 0.25) is 5.91 Å². The second-order valence-corrected chi connectivity index (χ2v) is 5.91. The molecular formula is C16H23N3O. The molecule has 4 nitrogen and oxygen atoms in total. The Labute approximate surface area is 120 Å². The third kappa shape index (κ3) is 2.80. The number of carbonyl (C=O) groups is 1. The molecule has 1 saturated heterocycles. The predicted octanol–water partition coefficient (Wildman–Crippen LogP) is 1.65. The first-order chi connectivity index (χ1) is 9.74. The molecule has 2 aliphatic rings. The van der Waals surface area contributed by atoms with Crippen LogP contribution in [-0.2, 0) is 11.3 Å². The largest absolute Gasteiger partial charge is 0.366 e. The van der Waals surface area contributed by atoms with E-state index in [2.05, 4.69) is 46.7 Å². The summed E-state index contributed by atoms with van der Waals surface area (Å²) in [5.74, 6) is 0.190. The maximum atomic E-state index is 11.9. The van der Waals surface area contributed by atoms with Gasteiger partial charge in [-0.3, -0.25) is 4.79 Å². The first-order valence-corrected chi connectivity index (χ1v) is 7.58. The van der Waals surface area contributed by atoms with Crippen LogP contribution in [0, 0.1) is 0 Å². The van der Waals surface area contributed by atoms with Gasteiger partial charge in [-0.2, -0.15) is 0 Å². The van der Waals surface area contributed by atoms with Crippen LogP contribution in [0.2, 0.25) is 0 Å². The Morgan fingerprint density at radius 3 is 3.05 bits per heavy atom. The molecule has 0 saturated carbocycles. The maximum Gasteiger partial charge on any atom is 0.222 e. The molecule has 0 aliphatic carbocycles. The Balaban J connectivity index is 1.91. The zero-order chi connectivity index (χ0) is 13.9. The van der Waals surface area contributed by atoms with E-state index >= 15 is 0 Å². The summed E-state index contributed by atoms with van der Waals surface area (Å²) in [6.07, 6.45) is 2.76. The van der Waals surface area contributed by atoms with Gasteiger partial charge in [-0.1, -0.05) is 18.2 Å². The van der Waals surface area contributed by atoms with Gasteiger partial charge in [0.1, 0.15) is 0 Å². The van der Waals surface area contributed by atoms with Crippen molar-refractivity contribution in [2.24, 2.45) is 0 Å². The molecule has 3 rings (SSSR count). The fraction of sp³-hybridized carbons (Fsp3) is 0.562. The Kier molecular flexibility index (Phi) is 3.92. The lowest BCUT2D eigenvalue weighted by Gasteiger charge is -2.34. The molecule has 2 heterocycles. The second-order valence-electron chi connectivity index (χ2n) is 5.91. The number of fused-ring (bicyclic) bond motifs is 1. The molecule has 1 aromatic rings. The number of carbonyl (C=O) groups excluding carboxylic acids is 1. The van der Waals surface area contributed by atoms with E-state index in [1.54, 1.807) is 0 Å². The lowest BCUT2D eigenvalue weighted by molar-refractivity contribution is -0.121. The van der Waals surface area contributed by atoms with Crippen molar-refractivity contribution in [3.8, 4) is 0 Å². The van der Waals surface area contributed by atoms with Crippen LogP contribution >= 0.6 is 0 Å². The fourth-order valence-electron chi connectivity index (χ4n) is 3.25. The molecule has 0 spiro atoms. The minimum atomic E-state index is 0.190. The highest BCUT2D eigenvalue weighted by Gasteiger charge is 2.28. The van der Waals surface area contributed by atoms with Gasteiger partial charge in [0, 0.05) is 43.8 Å². The Morgan fingerprint density at radius 2 is 2.15 bits per heavy atom. The Bertz CT molecular complexity index is 488. The van der Waals surface area contributed by atoms with E-state index in [0.29, 0.717) is 18.5 Å². The van der Waals surface area contributed by atoms with Crippen LogP contribution in [0.4, 0.5) is 5.69 Å². The van der Waals surface area contributed by atoms with Crippen molar-refractivity contribution in [2.75, 3.05) is 18.0 Å². The molecule has 20 heavy (non-hydrogen) atoms. The number of rotatable bonds is 1. The van der Waals surface area contributed by atoms with E-state index in [1.807, 2.05) is 0 Å². The van der Waals surface area contributed by atoms with E-state index in [0.717, 1.165) is 32.5 Å². The van der Waals surface area contributed by atoms with Crippen LogP contribution in [0.15, 0.2) is 24.3 Å². The van der Waals surface area contributed by atoms with E-state index in [-0.39, 0.29) is 5.91 Å². The van der Waals surface area contributed by atoms with Crippen molar-refractivity contribution in [3.05, 3.63) is 29.8 Å². The van der Waals surface area contributed by atoms with E-state index < -0.39 is 0 Å². The predicted molar refractivity (Wildman–Crippen MR) is 80.7 cm³/mol. The second kappa shape index (κ2) is 5.83. The van der Waals surface area contributed by atoms with Crippen LogP contribution in [-0.4, -0.2) is 31.1 Å². The molecule has 0 radical (unpaired) electrons. The normalized spacial score (nSPS) is 27.2. The minimum Gasteiger partial charge on any atom is -0.366 e. The highest BCUT2D eigenvalue weighted by Crippen LogP contribution is 2.28. The number of hydrogen-bond acceptors (Lipinski definition) is 3. The average Bonchev–Trinajstić information content (AvgIpc) is 2.76. The molecule has 2 aliphatic heterocycles. The highest BCUT2D eigenvalue weighted by molar-refractivity contribution is 5.77. The number of nitrogens with one attached hydrogen (secondary N) is 2. The average molecular weight is 273 g/mol. The van der Waals surface area contributed by atoms with Crippen molar-refractivity contribution in [2.45, 2.75) is 44.8 Å². The van der Waals surface area contributed by atoms with Gasteiger partial charge in [0.15, 0.2) is 0 Å². The first kappa shape index (κ1) is 13.4. The summed E-state index contributed by atoms with van der Waals surface area (Å²) in [6, 6.07) is 9.32. The van der Waals surface area contributed by atoms with Crippen LogP contribution in [0.3, 0.4) is 0 Å². The van der Waals surface area contributed by atoms with Crippen molar-refractivity contribution < 1.29 is 4.79 Å². The summed E-state index contributed by atoms with van der Waals surface area (Å²) in [4.78, 5) is 14.3. The molecule has 0 aromatic heterocycles. The third-order valence-electron chi connectivity index (χ3n) is 4.31. The van der Waals surface area contributed by atoms with Crippen molar-refractivity contribution >= 4 is 11.6 Å². The van der Waals surface area contributed by atoms with Crippen molar-refractivity contribution in [3.63, 3.8) is 0 Å². The van der Waals surface area contributed by atoms with Gasteiger partial charge in [-0.15, -0.1) is 0 Å². The van der Waals surface area contributed by atoms with E-state index in [4.69, 9.17) is 0 Å². The zero-order valence-electron chi connectivity index (χ0n) is 12.1. The zero-order valence-corrected chi connectivity index (χ0v) is 12.1. The topological polar surface area (TPSA) is 44.4 Å². The minimum absolute atomic E-state index is 0.190. The maximum absolute atomic E-state index is 11.9. The highest BCUT2D eigenvalue weighted by atomic mass is 16.1. The Morgan fingerprint density at radius 1 is 1.30 bits per heavy atom. The SMILES string of the molecule is CC1CN(C2CCCNC(=O)C2)c2ccccc2CN1. The van der Waals surface area contributed by atoms with Gasteiger partial charge < -0.3 is 15.5 Å². The van der Waals surface area contributed by atoms with Crippen molar-refractivity contribution in [1.82, 2.24) is 10.6 Å². The molecular weight excluding hydrogens is 250 g/mol. The molecule has 1 fully saturated rings. The van der Waals surface area contributed by atoms with Crippen LogP contribution in [0.5, 0.6) is 0 Å². The fourth-order valence-corrected chi connectivity index (χ4v) is 3.25. The van der Waals surface area contributed by atoms with Gasteiger partial charge >= 0.3 is 0 Å². The van der Waals surface area contributed by atoms with Gasteiger partial charge in [-0.25, -0.2) is 0 Å². The van der Waals surface area contributed by atoms with Crippen LogP contribution < -0.4 is 15.5 Å². The Hall–Kier alpha value is -1.55. The lowest BCUT2D eigenvalue weighted by Crippen LogP contribution is -2.43. The first-order valence-electron chi connectivity index (χ1n) is 7.58. The van der Waals surface area contributed by atoms with Gasteiger partial charge in [-0.05, 0) is 31.4 Å². The molecule has 108 valence electrons. The molecule has 4 heteroatoms. The summed E-state index contributed by atoms with van der Waals surface area (Å²) < 4.78 is 0. The molecule has 2 atom stereocenters. The number of amides is 1. The van der Waals surface area contributed by atoms with Crippen molar-refractivity contribution in [1.29, 1.82) is 0 Å². The third-order valence-corrected chi connectivity index (χ3v) is 4.31. The van der Waals surface area contributed by atoms with Gasteiger partial charge in [0.25, 0.3) is 0 Å². The summed E-state index contributed by atoms with van der Waals surface area (Å²) in [6.45, 7) is 4.91. The summed E-state index contributed by atoms with van der Waals surface area (Å²) in [7, 11) is 0. The molecule has 0 bridgehead atoms. The number of hydrogen-bond donors (Lipinski definition) is 2. The number of anilines is 1. The quantitative estimate of drug-likeness (QED) is 0.818. The molecule has 1 aromatic carbocycles. The summed E-state index contributed by atoms with van der Waals surface area (Å²) in [5, 5.41) is 6.54. The molecule has 2 unspecified atom stereocenters. The summed E-state index contributed by atoms with van der Waals surface area (Å²) >= 11 is 0. The van der Waals surface area contributed by atoms with E-state index in [1.165, 1.54) is 11.3 Å². The van der Waals surface area contributed by atoms with Gasteiger partial charge in [0.05, 0.1) is 0 Å². The van der Waals surface area contributed by atoms with Crippen LogP contribution in [0.1, 0.15) is 31.7 Å². The number of para-hydroxylation sites is 1.